The van der Waals surface area contributed by atoms with Crippen LogP contribution in [-0.2, 0) is 4.74 Å². The van der Waals surface area contributed by atoms with Crippen molar-refractivity contribution in [3.05, 3.63) is 0 Å². The zero-order valence-corrected chi connectivity index (χ0v) is 9.90. The van der Waals surface area contributed by atoms with E-state index in [1.165, 1.54) is 0 Å². The summed E-state index contributed by atoms with van der Waals surface area (Å²) in [5, 5.41) is 7.37. The van der Waals surface area contributed by atoms with Crippen LogP contribution in [0.2, 0.25) is 0 Å². The normalized spacial score (nSPS) is 19.2. The van der Waals surface area contributed by atoms with Gasteiger partial charge in [-0.3, -0.25) is 10.3 Å². The molecule has 6 heteroatoms. The number of hydrogen-bond acceptors (Lipinski definition) is 4. The summed E-state index contributed by atoms with van der Waals surface area (Å²) in [6.45, 7) is 6.85. The number of nitrogens with two attached hydrogens (primary N) is 1. The third kappa shape index (κ3) is 3.10. The maximum absolute atomic E-state index is 11.4. The van der Waals surface area contributed by atoms with Crippen LogP contribution < -0.4 is 5.73 Å². The highest BCUT2D eigenvalue weighted by atomic mass is 16.6. The van der Waals surface area contributed by atoms with Crippen molar-refractivity contribution in [2.24, 2.45) is 5.73 Å². The van der Waals surface area contributed by atoms with E-state index in [-0.39, 0.29) is 18.0 Å². The van der Waals surface area contributed by atoms with Gasteiger partial charge in [0, 0.05) is 26.2 Å². The van der Waals surface area contributed by atoms with Crippen LogP contribution in [0.4, 0.5) is 4.79 Å². The number of amidine groups is 1. The van der Waals surface area contributed by atoms with Gasteiger partial charge in [-0.25, -0.2) is 4.79 Å². The number of piperazine rings is 1. The van der Waals surface area contributed by atoms with E-state index in [1.807, 2.05) is 6.92 Å². The van der Waals surface area contributed by atoms with Gasteiger partial charge >= 0.3 is 6.09 Å². The first-order valence-corrected chi connectivity index (χ1v) is 5.56. The van der Waals surface area contributed by atoms with Crippen molar-refractivity contribution in [2.75, 3.05) is 32.8 Å². The molecule has 0 bridgehead atoms. The predicted octanol–water partition coefficient (Wildman–Crippen LogP) is 0.0850. The maximum Gasteiger partial charge on any atom is 0.409 e. The van der Waals surface area contributed by atoms with E-state index in [4.69, 9.17) is 15.9 Å². The minimum absolute atomic E-state index is 0.0515. The van der Waals surface area contributed by atoms with Gasteiger partial charge < -0.3 is 15.4 Å². The fourth-order valence-electron chi connectivity index (χ4n) is 1.70. The van der Waals surface area contributed by atoms with Crippen molar-refractivity contribution in [1.82, 2.24) is 9.80 Å². The molecule has 92 valence electrons. The predicted molar refractivity (Wildman–Crippen MR) is 61.5 cm³/mol. The fraction of sp³-hybridized carbons (Fsp3) is 0.800. The molecule has 0 radical (unpaired) electrons. The van der Waals surface area contributed by atoms with E-state index in [0.717, 1.165) is 13.1 Å². The molecular formula is C10H20N4O2. The first kappa shape index (κ1) is 12.8. The summed E-state index contributed by atoms with van der Waals surface area (Å²) in [6, 6.07) is -0.0515. The van der Waals surface area contributed by atoms with Crippen LogP contribution in [0.5, 0.6) is 0 Å². The molecule has 0 spiro atoms. The zero-order chi connectivity index (χ0) is 12.1. The number of amides is 1. The summed E-state index contributed by atoms with van der Waals surface area (Å²) in [4.78, 5) is 15.2. The van der Waals surface area contributed by atoms with Gasteiger partial charge in [0.15, 0.2) is 0 Å². The molecule has 1 unspecified atom stereocenters. The Morgan fingerprint density at radius 1 is 1.44 bits per heavy atom. The topological polar surface area (TPSA) is 82.7 Å². The van der Waals surface area contributed by atoms with Gasteiger partial charge in [0.25, 0.3) is 0 Å². The van der Waals surface area contributed by atoms with E-state index < -0.39 is 0 Å². The summed E-state index contributed by atoms with van der Waals surface area (Å²) in [7, 11) is 0. The van der Waals surface area contributed by atoms with Gasteiger partial charge in [-0.1, -0.05) is 0 Å². The zero-order valence-electron chi connectivity index (χ0n) is 9.90. The summed E-state index contributed by atoms with van der Waals surface area (Å²) in [6.07, 6.45) is -0.252. The first-order valence-electron chi connectivity index (χ1n) is 5.56. The molecule has 1 saturated heterocycles. The lowest BCUT2D eigenvalue weighted by Crippen LogP contribution is -2.54. The van der Waals surface area contributed by atoms with Crippen molar-refractivity contribution in [3.63, 3.8) is 0 Å². The molecule has 1 heterocycles. The first-order chi connectivity index (χ1) is 7.56. The number of carbonyl (C=O) groups excluding carboxylic acids is 1. The standard InChI is InChI=1S/C10H20N4O2/c1-3-16-10(15)14-6-4-13(5-7-14)8(2)9(11)12/h8H,3-7H2,1-2H3,(H3,11,12). The lowest BCUT2D eigenvalue weighted by molar-refractivity contribution is 0.0761. The molecule has 0 saturated carbocycles. The van der Waals surface area contributed by atoms with Crippen LogP contribution in [0.15, 0.2) is 0 Å². The molecule has 1 aliphatic rings. The Balaban J connectivity index is 2.39. The second-order valence-corrected chi connectivity index (χ2v) is 3.85. The molecule has 0 aliphatic carbocycles. The van der Waals surface area contributed by atoms with Crippen molar-refractivity contribution in [3.8, 4) is 0 Å². The van der Waals surface area contributed by atoms with Gasteiger partial charge in [-0.2, -0.15) is 0 Å². The highest BCUT2D eigenvalue weighted by Gasteiger charge is 2.25. The molecule has 0 aromatic rings. The Morgan fingerprint density at radius 2 is 2.00 bits per heavy atom. The molecule has 0 aromatic heterocycles. The maximum atomic E-state index is 11.4. The number of nitrogens with zero attached hydrogens (tertiary/aromatic N) is 2. The van der Waals surface area contributed by atoms with Crippen LogP contribution in [0.25, 0.3) is 0 Å². The minimum atomic E-state index is -0.252. The van der Waals surface area contributed by atoms with Gasteiger partial charge in [-0.05, 0) is 13.8 Å². The average Bonchev–Trinajstić information content (AvgIpc) is 2.28. The monoisotopic (exact) mass is 228 g/mol. The van der Waals surface area contributed by atoms with E-state index in [2.05, 4.69) is 4.90 Å². The number of hydrogen-bond donors (Lipinski definition) is 2. The molecule has 6 nitrogen and oxygen atoms in total. The van der Waals surface area contributed by atoms with Crippen molar-refractivity contribution in [2.45, 2.75) is 19.9 Å². The van der Waals surface area contributed by atoms with Crippen LogP contribution in [-0.4, -0.2) is 60.6 Å². The summed E-state index contributed by atoms with van der Waals surface area (Å²) in [5.74, 6) is 0.171. The van der Waals surface area contributed by atoms with Crippen LogP contribution in [0.3, 0.4) is 0 Å². The minimum Gasteiger partial charge on any atom is -0.450 e. The van der Waals surface area contributed by atoms with E-state index in [9.17, 15) is 4.79 Å². The van der Waals surface area contributed by atoms with Gasteiger partial charge in [-0.15, -0.1) is 0 Å². The Hall–Kier alpha value is -1.30. The second-order valence-electron chi connectivity index (χ2n) is 3.85. The number of carbonyl (C=O) groups is 1. The lowest BCUT2D eigenvalue weighted by atomic mass is 10.2. The molecule has 16 heavy (non-hydrogen) atoms. The number of ether oxygens (including phenoxy) is 1. The molecule has 1 fully saturated rings. The van der Waals surface area contributed by atoms with E-state index in [1.54, 1.807) is 11.8 Å². The summed E-state index contributed by atoms with van der Waals surface area (Å²) < 4.78 is 4.93. The van der Waals surface area contributed by atoms with E-state index >= 15 is 0 Å². The molecule has 3 N–H and O–H groups in total. The summed E-state index contributed by atoms with van der Waals surface area (Å²) in [5.41, 5.74) is 5.45. The highest BCUT2D eigenvalue weighted by Crippen LogP contribution is 2.07. The Labute approximate surface area is 95.8 Å². The Kier molecular flexibility index (Phi) is 4.54. The van der Waals surface area contributed by atoms with Gasteiger partial charge in [0.05, 0.1) is 12.6 Å². The van der Waals surface area contributed by atoms with Crippen molar-refractivity contribution >= 4 is 11.9 Å². The third-order valence-electron chi connectivity index (χ3n) is 2.84. The molecule has 1 atom stereocenters. The molecule has 1 aliphatic heterocycles. The largest absolute Gasteiger partial charge is 0.450 e. The van der Waals surface area contributed by atoms with Crippen LogP contribution in [0.1, 0.15) is 13.8 Å². The Bertz CT molecular complexity index is 262. The fourth-order valence-corrected chi connectivity index (χ4v) is 1.70. The Morgan fingerprint density at radius 3 is 2.44 bits per heavy atom. The number of rotatable bonds is 3. The second kappa shape index (κ2) is 5.69. The van der Waals surface area contributed by atoms with E-state index in [0.29, 0.717) is 19.7 Å². The average molecular weight is 228 g/mol. The SMILES string of the molecule is CCOC(=O)N1CCN(C(C)C(=N)N)CC1. The third-order valence-corrected chi connectivity index (χ3v) is 2.84. The highest BCUT2D eigenvalue weighted by molar-refractivity contribution is 5.82. The smallest absolute Gasteiger partial charge is 0.409 e. The molecule has 1 rings (SSSR count). The van der Waals surface area contributed by atoms with Crippen LogP contribution in [0, 0.1) is 5.41 Å². The summed E-state index contributed by atoms with van der Waals surface area (Å²) >= 11 is 0. The van der Waals surface area contributed by atoms with Gasteiger partial charge in [0.2, 0.25) is 0 Å². The molecular weight excluding hydrogens is 208 g/mol. The quantitative estimate of drug-likeness (QED) is 0.529. The van der Waals surface area contributed by atoms with Crippen molar-refractivity contribution < 1.29 is 9.53 Å². The number of nitrogens with one attached hydrogen (secondary N) is 1. The lowest BCUT2D eigenvalue weighted by Gasteiger charge is -2.36. The van der Waals surface area contributed by atoms with Gasteiger partial charge in [0.1, 0.15) is 5.84 Å². The van der Waals surface area contributed by atoms with Crippen molar-refractivity contribution in [1.29, 1.82) is 5.41 Å². The van der Waals surface area contributed by atoms with Crippen LogP contribution >= 0.6 is 0 Å². The molecule has 1 amide bonds. The molecule has 0 aromatic carbocycles.